The van der Waals surface area contributed by atoms with Crippen LogP contribution in [0.25, 0.3) is 11.6 Å². The number of hydrogen-bond acceptors (Lipinski definition) is 4. The molecule has 0 saturated carbocycles. The number of aryl methyl sites for hydroxylation is 2. The van der Waals surface area contributed by atoms with Crippen molar-refractivity contribution in [3.63, 3.8) is 0 Å². The van der Waals surface area contributed by atoms with Crippen molar-refractivity contribution in [1.29, 1.82) is 0 Å². The fourth-order valence-corrected chi connectivity index (χ4v) is 5.07. The molecule has 2 aromatic rings. The number of anilines is 2. The van der Waals surface area contributed by atoms with Gasteiger partial charge in [-0.25, -0.2) is 0 Å². The average Bonchev–Trinajstić information content (AvgIpc) is 2.71. The van der Waals surface area contributed by atoms with Gasteiger partial charge >= 0.3 is 0 Å². The lowest BCUT2D eigenvalue weighted by Crippen LogP contribution is -2.54. The van der Waals surface area contributed by atoms with E-state index >= 15 is 0 Å². The first-order valence-electron chi connectivity index (χ1n) is 11.1. The number of nitrogens with zero attached hydrogens (tertiary/aromatic N) is 2. The maximum atomic E-state index is 13.4. The van der Waals surface area contributed by atoms with Crippen LogP contribution in [0.1, 0.15) is 49.9 Å². The van der Waals surface area contributed by atoms with Crippen molar-refractivity contribution in [1.82, 2.24) is 5.32 Å². The first-order valence-corrected chi connectivity index (χ1v) is 11.5. The maximum Gasteiger partial charge on any atom is 0.270 e. The fraction of sp³-hybridized carbons (Fsp3) is 0.296. The number of nitrogens with one attached hydrogen (secondary N) is 1. The number of thiocarbonyl (C=S) groups is 1. The number of likely N-dealkylation sites (N-methyl/N-ethyl adjacent to an activating group) is 1. The number of fused-ring (bicyclic) bond motifs is 1. The molecule has 0 spiro atoms. The summed E-state index contributed by atoms with van der Waals surface area (Å²) in [6, 6.07) is 11.7. The number of amides is 2. The van der Waals surface area contributed by atoms with Crippen molar-refractivity contribution in [3.8, 4) is 0 Å². The normalized spacial score (nSPS) is 18.9. The minimum atomic E-state index is -0.477. The van der Waals surface area contributed by atoms with Crippen LogP contribution in [0.3, 0.4) is 0 Å². The van der Waals surface area contributed by atoms with Crippen LogP contribution in [0.15, 0.2) is 48.0 Å². The van der Waals surface area contributed by atoms with Crippen molar-refractivity contribution in [2.24, 2.45) is 0 Å². The number of benzene rings is 2. The Kier molecular flexibility index (Phi) is 5.74. The van der Waals surface area contributed by atoms with Crippen LogP contribution in [0.5, 0.6) is 0 Å². The van der Waals surface area contributed by atoms with Crippen LogP contribution in [0, 0.1) is 13.8 Å². The second kappa shape index (κ2) is 8.27. The van der Waals surface area contributed by atoms with E-state index in [1.54, 1.807) is 6.08 Å². The SMILES string of the molecule is CCN1c2cc(C)c(/C=C3\C(=O)NC(=S)N(c4cccc(C)c4)C3=O)cc2C(C)=CC1(C)C. The van der Waals surface area contributed by atoms with Gasteiger partial charge in [0.15, 0.2) is 5.11 Å². The fourth-order valence-electron chi connectivity index (χ4n) is 4.79. The van der Waals surface area contributed by atoms with E-state index in [1.165, 1.54) is 16.2 Å². The number of allylic oxidation sites excluding steroid dienone is 1. The first kappa shape index (κ1) is 22.9. The van der Waals surface area contributed by atoms with Gasteiger partial charge in [-0.1, -0.05) is 18.2 Å². The highest BCUT2D eigenvalue weighted by Crippen LogP contribution is 2.40. The topological polar surface area (TPSA) is 52.7 Å². The summed E-state index contributed by atoms with van der Waals surface area (Å²) in [6.45, 7) is 13.5. The van der Waals surface area contributed by atoms with Gasteiger partial charge in [-0.15, -0.1) is 0 Å². The van der Waals surface area contributed by atoms with Gasteiger partial charge in [0.2, 0.25) is 0 Å². The Balaban J connectivity index is 1.80. The third-order valence-corrected chi connectivity index (χ3v) is 6.63. The van der Waals surface area contributed by atoms with Crippen molar-refractivity contribution in [3.05, 3.63) is 70.3 Å². The van der Waals surface area contributed by atoms with Crippen molar-refractivity contribution in [2.45, 2.75) is 47.1 Å². The summed E-state index contributed by atoms with van der Waals surface area (Å²) in [5.74, 6) is -0.898. The number of carbonyl (C=O) groups is 2. The van der Waals surface area contributed by atoms with Gasteiger partial charge < -0.3 is 4.90 Å². The Morgan fingerprint density at radius 2 is 1.82 bits per heavy atom. The zero-order valence-electron chi connectivity index (χ0n) is 19.9. The van der Waals surface area contributed by atoms with E-state index in [0.29, 0.717) is 5.69 Å². The van der Waals surface area contributed by atoms with Gasteiger partial charge in [0.25, 0.3) is 11.8 Å². The second-order valence-electron chi connectivity index (χ2n) is 9.25. The Bertz CT molecular complexity index is 1260. The average molecular weight is 460 g/mol. The predicted molar refractivity (Wildman–Crippen MR) is 139 cm³/mol. The Morgan fingerprint density at radius 1 is 1.09 bits per heavy atom. The molecule has 2 aromatic carbocycles. The lowest BCUT2D eigenvalue weighted by molar-refractivity contribution is -0.122. The molecule has 0 aliphatic carbocycles. The van der Waals surface area contributed by atoms with E-state index in [2.05, 4.69) is 56.1 Å². The van der Waals surface area contributed by atoms with E-state index in [-0.39, 0.29) is 16.2 Å². The molecular weight excluding hydrogens is 430 g/mol. The monoisotopic (exact) mass is 459 g/mol. The van der Waals surface area contributed by atoms with Crippen LogP contribution < -0.4 is 15.1 Å². The Labute approximate surface area is 200 Å². The van der Waals surface area contributed by atoms with Crippen LogP contribution in [0.2, 0.25) is 0 Å². The highest BCUT2D eigenvalue weighted by molar-refractivity contribution is 7.80. The Hall–Kier alpha value is -3.25. The molecule has 170 valence electrons. The highest BCUT2D eigenvalue weighted by Gasteiger charge is 2.35. The zero-order chi connectivity index (χ0) is 24.1. The van der Waals surface area contributed by atoms with Crippen LogP contribution in [-0.4, -0.2) is 29.0 Å². The number of carbonyl (C=O) groups excluding carboxylic acids is 2. The molecule has 4 rings (SSSR count). The standard InChI is InChI=1S/C27H29N3O2S/c1-7-29-23-12-17(3)19(13-21(23)18(4)15-27(29,5)6)14-22-24(31)28-26(33)30(25(22)32)20-10-8-9-16(2)11-20/h8-15H,7H2,1-6H3,(H,28,31,33)/b22-14+. The van der Waals surface area contributed by atoms with Gasteiger partial charge in [0.1, 0.15) is 5.57 Å². The van der Waals surface area contributed by atoms with E-state index in [4.69, 9.17) is 12.2 Å². The molecule has 0 unspecified atom stereocenters. The molecule has 0 radical (unpaired) electrons. The minimum Gasteiger partial charge on any atom is -0.363 e. The molecule has 2 aliphatic heterocycles. The molecule has 33 heavy (non-hydrogen) atoms. The summed E-state index contributed by atoms with van der Waals surface area (Å²) < 4.78 is 0. The van der Waals surface area contributed by atoms with Crippen LogP contribution in [-0.2, 0) is 9.59 Å². The molecule has 0 bridgehead atoms. The summed E-state index contributed by atoms with van der Waals surface area (Å²) in [6.07, 6.45) is 3.95. The zero-order valence-corrected chi connectivity index (χ0v) is 20.8. The second-order valence-corrected chi connectivity index (χ2v) is 9.63. The van der Waals surface area contributed by atoms with Crippen molar-refractivity contribution >= 4 is 52.2 Å². The van der Waals surface area contributed by atoms with Gasteiger partial charge in [-0.2, -0.15) is 0 Å². The summed E-state index contributed by atoms with van der Waals surface area (Å²) in [5.41, 5.74) is 6.93. The lowest BCUT2D eigenvalue weighted by Gasteiger charge is -2.43. The molecule has 5 nitrogen and oxygen atoms in total. The third-order valence-electron chi connectivity index (χ3n) is 6.34. The molecule has 2 aliphatic rings. The number of rotatable bonds is 3. The molecule has 1 saturated heterocycles. The molecule has 0 atom stereocenters. The molecule has 1 N–H and O–H groups in total. The predicted octanol–water partition coefficient (Wildman–Crippen LogP) is 5.16. The lowest BCUT2D eigenvalue weighted by atomic mass is 9.86. The summed E-state index contributed by atoms with van der Waals surface area (Å²) in [7, 11) is 0. The van der Waals surface area contributed by atoms with E-state index in [9.17, 15) is 9.59 Å². The summed E-state index contributed by atoms with van der Waals surface area (Å²) >= 11 is 5.33. The quantitative estimate of drug-likeness (QED) is 0.392. The molecule has 2 heterocycles. The van der Waals surface area contributed by atoms with Crippen LogP contribution in [0.4, 0.5) is 11.4 Å². The highest BCUT2D eigenvalue weighted by atomic mass is 32.1. The third kappa shape index (κ3) is 4.00. The minimum absolute atomic E-state index is 0.0678. The summed E-state index contributed by atoms with van der Waals surface area (Å²) in [4.78, 5) is 29.9. The van der Waals surface area contributed by atoms with Crippen molar-refractivity contribution < 1.29 is 9.59 Å². The summed E-state index contributed by atoms with van der Waals surface area (Å²) in [5, 5.41) is 2.77. The molecule has 6 heteroatoms. The van der Waals surface area contributed by atoms with Gasteiger partial charge in [-0.05, 0) is 106 Å². The smallest absolute Gasteiger partial charge is 0.270 e. The molecule has 2 amide bonds. The molecule has 0 aromatic heterocycles. The van der Waals surface area contributed by atoms with Gasteiger partial charge in [0.05, 0.1) is 11.2 Å². The largest absolute Gasteiger partial charge is 0.363 e. The van der Waals surface area contributed by atoms with Crippen LogP contribution >= 0.6 is 12.2 Å². The van der Waals surface area contributed by atoms with Gasteiger partial charge in [-0.3, -0.25) is 19.8 Å². The van der Waals surface area contributed by atoms with E-state index < -0.39 is 11.8 Å². The Morgan fingerprint density at radius 3 is 2.48 bits per heavy atom. The molecular formula is C27H29N3O2S. The first-order chi connectivity index (χ1) is 15.5. The number of hydrogen-bond donors (Lipinski definition) is 1. The van der Waals surface area contributed by atoms with E-state index in [0.717, 1.165) is 28.8 Å². The molecule has 1 fully saturated rings. The van der Waals surface area contributed by atoms with Crippen molar-refractivity contribution in [2.75, 3.05) is 16.3 Å². The van der Waals surface area contributed by atoms with E-state index in [1.807, 2.05) is 38.1 Å². The maximum absolute atomic E-state index is 13.4. The van der Waals surface area contributed by atoms with Gasteiger partial charge in [0, 0.05) is 17.8 Å².